The molecule has 0 fully saturated rings. The van der Waals surface area contributed by atoms with Gasteiger partial charge in [0.25, 0.3) is 0 Å². The van der Waals surface area contributed by atoms with Gasteiger partial charge in [-0.2, -0.15) is 0 Å². The van der Waals surface area contributed by atoms with Crippen molar-refractivity contribution in [1.82, 2.24) is 10.3 Å². The maximum Gasteiger partial charge on any atom is 0.119 e. The first-order valence-electron chi connectivity index (χ1n) is 6.57. The van der Waals surface area contributed by atoms with E-state index in [2.05, 4.69) is 28.5 Å². The van der Waals surface area contributed by atoms with Crippen LogP contribution in [0.25, 0.3) is 0 Å². The van der Waals surface area contributed by atoms with Crippen molar-refractivity contribution >= 4 is 0 Å². The zero-order valence-electron chi connectivity index (χ0n) is 11.7. The molecule has 1 atom stereocenters. The maximum absolute atomic E-state index is 5.55. The van der Waals surface area contributed by atoms with E-state index in [1.807, 2.05) is 45.3 Å². The highest BCUT2D eigenvalue weighted by Crippen LogP contribution is 2.24. The Bertz CT molecular complexity index is 523. The summed E-state index contributed by atoms with van der Waals surface area (Å²) in [5, 5.41) is 3.33. The van der Waals surface area contributed by atoms with Gasteiger partial charge >= 0.3 is 0 Å². The normalized spacial score (nSPS) is 12.2. The minimum atomic E-state index is 0.133. The molecule has 3 heteroatoms. The smallest absolute Gasteiger partial charge is 0.119 e. The number of hydrogen-bond donors (Lipinski definition) is 1. The van der Waals surface area contributed by atoms with Crippen LogP contribution < -0.4 is 10.1 Å². The third-order valence-corrected chi connectivity index (χ3v) is 3.06. The van der Waals surface area contributed by atoms with Crippen LogP contribution in [0.3, 0.4) is 0 Å². The van der Waals surface area contributed by atoms with Gasteiger partial charge in [-0.1, -0.05) is 18.2 Å². The van der Waals surface area contributed by atoms with Gasteiger partial charge in [0.15, 0.2) is 0 Å². The van der Waals surface area contributed by atoms with Crippen LogP contribution in [-0.4, -0.2) is 18.6 Å². The summed E-state index contributed by atoms with van der Waals surface area (Å²) in [5.41, 5.74) is 3.36. The summed E-state index contributed by atoms with van der Waals surface area (Å²) >= 11 is 0. The number of nitrogens with one attached hydrogen (secondary N) is 1. The average Bonchev–Trinajstić information content (AvgIpc) is 2.43. The summed E-state index contributed by atoms with van der Waals surface area (Å²) in [4.78, 5) is 4.36. The minimum absolute atomic E-state index is 0.133. The van der Waals surface area contributed by atoms with Crippen molar-refractivity contribution in [2.24, 2.45) is 0 Å². The number of aromatic nitrogens is 1. The van der Waals surface area contributed by atoms with Crippen molar-refractivity contribution in [2.45, 2.75) is 19.9 Å². The van der Waals surface area contributed by atoms with E-state index in [0.717, 1.165) is 17.0 Å². The van der Waals surface area contributed by atoms with Gasteiger partial charge in [0, 0.05) is 11.9 Å². The molecular formula is C16H20N2O. The monoisotopic (exact) mass is 256 g/mol. The third-order valence-electron chi connectivity index (χ3n) is 3.06. The van der Waals surface area contributed by atoms with E-state index >= 15 is 0 Å². The molecule has 1 heterocycles. The first-order chi connectivity index (χ1) is 9.24. The molecule has 100 valence electrons. The molecule has 0 aliphatic carbocycles. The van der Waals surface area contributed by atoms with Crippen molar-refractivity contribution < 1.29 is 4.74 Å². The van der Waals surface area contributed by atoms with Gasteiger partial charge < -0.3 is 10.1 Å². The molecular weight excluding hydrogens is 236 g/mol. The topological polar surface area (TPSA) is 34.1 Å². The molecule has 0 saturated carbocycles. The maximum atomic E-state index is 5.55. The molecule has 1 aromatic carbocycles. The lowest BCUT2D eigenvalue weighted by Crippen LogP contribution is -2.18. The molecule has 0 aliphatic heterocycles. The van der Waals surface area contributed by atoms with Gasteiger partial charge in [0.1, 0.15) is 5.75 Å². The Morgan fingerprint density at radius 3 is 2.68 bits per heavy atom. The molecule has 0 aliphatic rings. The lowest BCUT2D eigenvalue weighted by Gasteiger charge is -2.18. The highest BCUT2D eigenvalue weighted by atomic mass is 16.5. The summed E-state index contributed by atoms with van der Waals surface area (Å²) in [6, 6.07) is 12.4. The number of hydrogen-bond acceptors (Lipinski definition) is 3. The van der Waals surface area contributed by atoms with Crippen LogP contribution in [0.15, 0.2) is 42.6 Å². The van der Waals surface area contributed by atoms with Crippen molar-refractivity contribution in [3.05, 3.63) is 59.4 Å². The number of rotatable bonds is 5. The van der Waals surface area contributed by atoms with E-state index in [1.54, 1.807) is 0 Å². The molecule has 0 spiro atoms. The van der Waals surface area contributed by atoms with Crippen molar-refractivity contribution in [3.8, 4) is 5.75 Å². The molecule has 0 saturated heterocycles. The Kier molecular flexibility index (Phi) is 4.53. The molecule has 2 rings (SSSR count). The zero-order valence-corrected chi connectivity index (χ0v) is 11.7. The van der Waals surface area contributed by atoms with E-state index in [1.165, 1.54) is 5.56 Å². The molecule has 0 radical (unpaired) electrons. The fourth-order valence-electron chi connectivity index (χ4n) is 2.13. The molecule has 19 heavy (non-hydrogen) atoms. The van der Waals surface area contributed by atoms with Crippen LogP contribution in [0.1, 0.15) is 29.8 Å². The lowest BCUT2D eigenvalue weighted by atomic mass is 10.00. The Hall–Kier alpha value is -1.87. The fourth-order valence-corrected chi connectivity index (χ4v) is 2.13. The Labute approximate surface area is 114 Å². The molecule has 1 unspecified atom stereocenters. The predicted molar refractivity (Wildman–Crippen MR) is 77.5 cm³/mol. The second-order valence-corrected chi connectivity index (χ2v) is 4.46. The van der Waals surface area contributed by atoms with Crippen LogP contribution in [0.2, 0.25) is 0 Å². The summed E-state index contributed by atoms with van der Waals surface area (Å²) in [6.45, 7) is 4.67. The second-order valence-electron chi connectivity index (χ2n) is 4.46. The summed E-state index contributed by atoms with van der Waals surface area (Å²) in [5.74, 6) is 0.903. The number of pyridine rings is 1. The number of ether oxygens (including phenoxy) is 1. The first kappa shape index (κ1) is 13.6. The minimum Gasteiger partial charge on any atom is -0.494 e. The molecule has 0 amide bonds. The summed E-state index contributed by atoms with van der Waals surface area (Å²) < 4.78 is 5.55. The van der Waals surface area contributed by atoms with Crippen LogP contribution in [0.4, 0.5) is 0 Å². The molecule has 2 aromatic rings. The predicted octanol–water partition coefficient (Wildman–Crippen LogP) is 3.10. The van der Waals surface area contributed by atoms with Crippen LogP contribution in [0.5, 0.6) is 5.75 Å². The summed E-state index contributed by atoms with van der Waals surface area (Å²) in [6.07, 6.45) is 1.92. The quantitative estimate of drug-likeness (QED) is 0.892. The lowest BCUT2D eigenvalue weighted by molar-refractivity contribution is 0.339. The Morgan fingerprint density at radius 1 is 1.21 bits per heavy atom. The highest BCUT2D eigenvalue weighted by Gasteiger charge is 2.12. The van der Waals surface area contributed by atoms with E-state index < -0.39 is 0 Å². The highest BCUT2D eigenvalue weighted by molar-refractivity contribution is 5.36. The average molecular weight is 256 g/mol. The second kappa shape index (κ2) is 6.34. The van der Waals surface area contributed by atoms with Gasteiger partial charge in [0.05, 0.1) is 12.6 Å². The molecule has 0 bridgehead atoms. The van der Waals surface area contributed by atoms with Crippen LogP contribution in [0, 0.1) is 6.92 Å². The standard InChI is InChI=1S/C16H20N2O/c1-4-19-15-7-5-6-13(10-15)16(17-3)14-9-8-12(2)18-11-14/h5-11,16-17H,4H2,1-3H3. The summed E-state index contributed by atoms with van der Waals surface area (Å²) in [7, 11) is 1.96. The van der Waals surface area contributed by atoms with Crippen molar-refractivity contribution in [1.29, 1.82) is 0 Å². The van der Waals surface area contributed by atoms with Crippen LogP contribution >= 0.6 is 0 Å². The van der Waals surface area contributed by atoms with Gasteiger partial charge in [-0.05, 0) is 50.2 Å². The molecule has 3 nitrogen and oxygen atoms in total. The number of aryl methyl sites for hydroxylation is 1. The van der Waals surface area contributed by atoms with Crippen molar-refractivity contribution in [2.75, 3.05) is 13.7 Å². The van der Waals surface area contributed by atoms with Crippen molar-refractivity contribution in [3.63, 3.8) is 0 Å². The van der Waals surface area contributed by atoms with E-state index in [0.29, 0.717) is 6.61 Å². The zero-order chi connectivity index (χ0) is 13.7. The number of nitrogens with zero attached hydrogens (tertiary/aromatic N) is 1. The van der Waals surface area contributed by atoms with Gasteiger partial charge in [-0.3, -0.25) is 4.98 Å². The largest absolute Gasteiger partial charge is 0.494 e. The Morgan fingerprint density at radius 2 is 2.05 bits per heavy atom. The molecule has 1 N–H and O–H groups in total. The Balaban J connectivity index is 2.30. The van der Waals surface area contributed by atoms with E-state index in [9.17, 15) is 0 Å². The van der Waals surface area contributed by atoms with Gasteiger partial charge in [0.2, 0.25) is 0 Å². The number of benzene rings is 1. The fraction of sp³-hybridized carbons (Fsp3) is 0.312. The van der Waals surface area contributed by atoms with E-state index in [4.69, 9.17) is 4.74 Å². The van der Waals surface area contributed by atoms with Crippen LogP contribution in [-0.2, 0) is 0 Å². The molecule has 1 aromatic heterocycles. The van der Waals surface area contributed by atoms with Gasteiger partial charge in [-0.25, -0.2) is 0 Å². The van der Waals surface area contributed by atoms with E-state index in [-0.39, 0.29) is 6.04 Å². The van der Waals surface area contributed by atoms with Gasteiger partial charge in [-0.15, -0.1) is 0 Å². The third kappa shape index (κ3) is 3.32. The first-order valence-corrected chi connectivity index (χ1v) is 6.57. The SMILES string of the molecule is CCOc1cccc(C(NC)c2ccc(C)nc2)c1.